The molecule has 0 saturated carbocycles. The van der Waals surface area contributed by atoms with Crippen molar-refractivity contribution in [1.29, 1.82) is 0 Å². The van der Waals surface area contributed by atoms with E-state index in [1.54, 1.807) is 30.0 Å². The molecule has 8 nitrogen and oxygen atoms in total. The summed E-state index contributed by atoms with van der Waals surface area (Å²) in [6.07, 6.45) is 2.45. The molecular weight excluding hydrogens is 492 g/mol. The molecule has 0 aliphatic heterocycles. The van der Waals surface area contributed by atoms with Gasteiger partial charge in [-0.2, -0.15) is 5.10 Å². The van der Waals surface area contributed by atoms with Gasteiger partial charge in [0.05, 0.1) is 24.2 Å². The smallest absolute Gasteiger partial charge is 0.322 e. The standard InChI is InChI=1S/C28H35F2N5O3/c1-6-7-8-15-34(27(37)31-23-14-9-19(29)16-22(23)30)18-26(36)32-25-17-24(28(2,3)4)33-35(25)20-10-12-21(38-5)13-11-20/h9-14,16-17H,6-8,15,18H2,1-5H3,(H,31,37)(H,32,36). The van der Waals surface area contributed by atoms with E-state index in [-0.39, 0.29) is 17.6 Å². The van der Waals surface area contributed by atoms with Crippen LogP contribution in [0.1, 0.15) is 52.7 Å². The largest absolute Gasteiger partial charge is 0.497 e. The van der Waals surface area contributed by atoms with Crippen LogP contribution < -0.4 is 15.4 Å². The first-order valence-corrected chi connectivity index (χ1v) is 12.6. The van der Waals surface area contributed by atoms with Gasteiger partial charge in [-0.1, -0.05) is 40.5 Å². The number of rotatable bonds is 10. The van der Waals surface area contributed by atoms with Crippen LogP contribution in [-0.2, 0) is 10.2 Å². The summed E-state index contributed by atoms with van der Waals surface area (Å²) < 4.78 is 34.2. The van der Waals surface area contributed by atoms with E-state index in [2.05, 4.69) is 10.6 Å². The summed E-state index contributed by atoms with van der Waals surface area (Å²) in [5.41, 5.74) is 1.06. The molecule has 3 rings (SSSR count). The topological polar surface area (TPSA) is 88.5 Å². The average Bonchev–Trinajstić information content (AvgIpc) is 3.29. The highest BCUT2D eigenvalue weighted by Gasteiger charge is 2.23. The van der Waals surface area contributed by atoms with Crippen LogP contribution in [0.5, 0.6) is 5.75 Å². The lowest BCUT2D eigenvalue weighted by Crippen LogP contribution is -2.41. The Bertz CT molecular complexity index is 1250. The SMILES string of the molecule is CCCCCN(CC(=O)Nc1cc(C(C)(C)C)nn1-c1ccc(OC)cc1)C(=O)Nc1ccc(F)cc1F. The summed E-state index contributed by atoms with van der Waals surface area (Å²) in [6.45, 7) is 8.12. The van der Waals surface area contributed by atoms with Gasteiger partial charge in [-0.05, 0) is 42.8 Å². The fourth-order valence-corrected chi connectivity index (χ4v) is 3.70. The Hall–Kier alpha value is -3.95. The Balaban J connectivity index is 1.81. The van der Waals surface area contributed by atoms with Gasteiger partial charge >= 0.3 is 6.03 Å². The predicted molar refractivity (Wildman–Crippen MR) is 144 cm³/mol. The van der Waals surface area contributed by atoms with E-state index < -0.39 is 23.6 Å². The van der Waals surface area contributed by atoms with Crippen molar-refractivity contribution in [2.24, 2.45) is 0 Å². The Morgan fingerprint density at radius 1 is 1.03 bits per heavy atom. The minimum absolute atomic E-state index is 0.162. The number of aromatic nitrogens is 2. The first-order chi connectivity index (χ1) is 18.0. The molecule has 0 bridgehead atoms. The number of nitrogens with one attached hydrogen (secondary N) is 2. The number of anilines is 2. The van der Waals surface area contributed by atoms with E-state index in [0.717, 1.165) is 36.4 Å². The minimum Gasteiger partial charge on any atom is -0.497 e. The number of nitrogens with zero attached hydrogens (tertiary/aromatic N) is 3. The normalized spacial score (nSPS) is 11.2. The van der Waals surface area contributed by atoms with Crippen molar-refractivity contribution in [2.75, 3.05) is 30.8 Å². The van der Waals surface area contributed by atoms with Crippen molar-refractivity contribution in [1.82, 2.24) is 14.7 Å². The van der Waals surface area contributed by atoms with Gasteiger partial charge in [0.25, 0.3) is 0 Å². The monoisotopic (exact) mass is 527 g/mol. The Labute approximate surface area is 222 Å². The van der Waals surface area contributed by atoms with Crippen LogP contribution in [0.4, 0.5) is 25.1 Å². The van der Waals surface area contributed by atoms with Crippen LogP contribution in [0.3, 0.4) is 0 Å². The number of benzene rings is 2. The van der Waals surface area contributed by atoms with E-state index >= 15 is 0 Å². The number of carbonyl (C=O) groups is 2. The van der Waals surface area contributed by atoms with Gasteiger partial charge in [-0.25, -0.2) is 18.3 Å². The van der Waals surface area contributed by atoms with E-state index in [4.69, 9.17) is 9.84 Å². The van der Waals surface area contributed by atoms with E-state index in [9.17, 15) is 18.4 Å². The maximum absolute atomic E-state index is 14.1. The van der Waals surface area contributed by atoms with Crippen molar-refractivity contribution in [3.63, 3.8) is 0 Å². The van der Waals surface area contributed by atoms with Crippen LogP contribution in [0.25, 0.3) is 5.69 Å². The molecule has 0 aliphatic carbocycles. The molecule has 38 heavy (non-hydrogen) atoms. The van der Waals surface area contributed by atoms with Crippen molar-refractivity contribution < 1.29 is 23.1 Å². The number of unbranched alkanes of at least 4 members (excludes halogenated alkanes) is 2. The number of hydrogen-bond donors (Lipinski definition) is 2. The van der Waals surface area contributed by atoms with Gasteiger partial charge in [0.1, 0.15) is 29.7 Å². The first-order valence-electron chi connectivity index (χ1n) is 12.6. The summed E-state index contributed by atoms with van der Waals surface area (Å²) in [6, 6.07) is 11.3. The fraction of sp³-hybridized carbons (Fsp3) is 0.393. The summed E-state index contributed by atoms with van der Waals surface area (Å²) in [4.78, 5) is 27.4. The zero-order valence-electron chi connectivity index (χ0n) is 22.5. The number of ether oxygens (including phenoxy) is 1. The first kappa shape index (κ1) is 28.6. The molecule has 2 N–H and O–H groups in total. The molecule has 3 aromatic rings. The maximum Gasteiger partial charge on any atom is 0.322 e. The summed E-state index contributed by atoms with van der Waals surface area (Å²) in [5.74, 6) is -0.944. The van der Waals surface area contributed by atoms with Crippen LogP contribution >= 0.6 is 0 Å². The number of urea groups is 1. The Kier molecular flexibility index (Phi) is 9.44. The molecule has 0 unspecified atom stereocenters. The molecular formula is C28H35F2N5O3. The molecule has 2 aromatic carbocycles. The summed E-state index contributed by atoms with van der Waals surface area (Å²) in [5, 5.41) is 10.0. The molecule has 10 heteroatoms. The molecule has 0 atom stereocenters. The number of carbonyl (C=O) groups excluding carboxylic acids is 2. The molecule has 0 spiro atoms. The van der Waals surface area contributed by atoms with Crippen molar-refractivity contribution >= 4 is 23.4 Å². The number of halogens is 2. The third-order valence-electron chi connectivity index (χ3n) is 5.89. The van der Waals surface area contributed by atoms with Gasteiger partial charge in [0.15, 0.2) is 0 Å². The predicted octanol–water partition coefficient (Wildman–Crippen LogP) is 6.12. The van der Waals surface area contributed by atoms with E-state index in [1.807, 2.05) is 39.8 Å². The molecule has 0 saturated heterocycles. The Morgan fingerprint density at radius 2 is 1.74 bits per heavy atom. The lowest BCUT2D eigenvalue weighted by Gasteiger charge is -2.23. The third-order valence-corrected chi connectivity index (χ3v) is 5.89. The Morgan fingerprint density at radius 3 is 2.34 bits per heavy atom. The quantitative estimate of drug-likeness (QED) is 0.311. The van der Waals surface area contributed by atoms with Gasteiger partial charge in [0.2, 0.25) is 5.91 Å². The maximum atomic E-state index is 14.1. The molecule has 0 radical (unpaired) electrons. The highest BCUT2D eigenvalue weighted by molar-refractivity contribution is 5.96. The highest BCUT2D eigenvalue weighted by Crippen LogP contribution is 2.27. The van der Waals surface area contributed by atoms with Crippen LogP contribution in [0, 0.1) is 11.6 Å². The molecule has 0 fully saturated rings. The summed E-state index contributed by atoms with van der Waals surface area (Å²) >= 11 is 0. The number of hydrogen-bond acceptors (Lipinski definition) is 4. The molecule has 3 amide bonds. The molecule has 0 aliphatic rings. The highest BCUT2D eigenvalue weighted by atomic mass is 19.1. The van der Waals surface area contributed by atoms with Gasteiger partial charge in [-0.3, -0.25) is 4.79 Å². The van der Waals surface area contributed by atoms with Crippen LogP contribution in [0.2, 0.25) is 0 Å². The fourth-order valence-electron chi connectivity index (χ4n) is 3.70. The van der Waals surface area contributed by atoms with Gasteiger partial charge < -0.3 is 20.3 Å². The summed E-state index contributed by atoms with van der Waals surface area (Å²) in [7, 11) is 1.58. The molecule has 1 heterocycles. The minimum atomic E-state index is -0.894. The van der Waals surface area contributed by atoms with Crippen molar-refractivity contribution in [2.45, 2.75) is 52.4 Å². The van der Waals surface area contributed by atoms with Crippen LogP contribution in [-0.4, -0.2) is 46.8 Å². The second-order valence-electron chi connectivity index (χ2n) is 10.0. The van der Waals surface area contributed by atoms with Crippen LogP contribution in [0.15, 0.2) is 48.5 Å². The van der Waals surface area contributed by atoms with Gasteiger partial charge in [0, 0.05) is 24.1 Å². The van der Waals surface area contributed by atoms with Crippen molar-refractivity contribution in [3.8, 4) is 11.4 Å². The lowest BCUT2D eigenvalue weighted by molar-refractivity contribution is -0.116. The average molecular weight is 528 g/mol. The zero-order chi connectivity index (χ0) is 27.9. The second-order valence-corrected chi connectivity index (χ2v) is 10.0. The second kappa shape index (κ2) is 12.5. The van der Waals surface area contributed by atoms with E-state index in [1.165, 1.54) is 4.90 Å². The van der Waals surface area contributed by atoms with E-state index in [0.29, 0.717) is 30.6 Å². The number of amides is 3. The third kappa shape index (κ3) is 7.53. The zero-order valence-corrected chi connectivity index (χ0v) is 22.5. The molecule has 204 valence electrons. The van der Waals surface area contributed by atoms with Gasteiger partial charge in [-0.15, -0.1) is 0 Å². The lowest BCUT2D eigenvalue weighted by atomic mass is 9.92. The molecule has 1 aromatic heterocycles. The number of methoxy groups -OCH3 is 1. The van der Waals surface area contributed by atoms with Crippen molar-refractivity contribution in [3.05, 3.63) is 65.9 Å².